The van der Waals surface area contributed by atoms with Crippen molar-refractivity contribution in [2.75, 3.05) is 25.5 Å². The Hall–Kier alpha value is -1.85. The summed E-state index contributed by atoms with van der Waals surface area (Å²) < 4.78 is 5.20. The van der Waals surface area contributed by atoms with Gasteiger partial charge in [-0.15, -0.1) is 0 Å². The SMILES string of the molecule is C=CC(=O)N1CCCC1c1nc(N(C)C)no1. The average Bonchev–Trinajstić information content (AvgIpc) is 2.95. The Morgan fingerprint density at radius 1 is 1.65 bits per heavy atom. The molecule has 0 aromatic carbocycles. The summed E-state index contributed by atoms with van der Waals surface area (Å²) in [7, 11) is 3.69. The van der Waals surface area contributed by atoms with Crippen molar-refractivity contribution in [3.8, 4) is 0 Å². The van der Waals surface area contributed by atoms with E-state index in [2.05, 4.69) is 16.7 Å². The molecule has 6 heteroatoms. The first kappa shape index (κ1) is 11.6. The molecule has 0 spiro atoms. The summed E-state index contributed by atoms with van der Waals surface area (Å²) in [5, 5.41) is 3.86. The zero-order valence-corrected chi connectivity index (χ0v) is 10.1. The van der Waals surface area contributed by atoms with E-state index in [1.54, 1.807) is 9.80 Å². The Labute approximate surface area is 99.9 Å². The van der Waals surface area contributed by atoms with Gasteiger partial charge in [-0.25, -0.2) is 0 Å². The second-order valence-electron chi connectivity index (χ2n) is 4.22. The minimum Gasteiger partial charge on any atom is -0.344 e. The first-order valence-electron chi connectivity index (χ1n) is 5.57. The van der Waals surface area contributed by atoms with Crippen molar-refractivity contribution in [2.45, 2.75) is 18.9 Å². The first-order chi connectivity index (χ1) is 8.13. The molecule has 2 heterocycles. The Bertz CT molecular complexity index is 427. The highest BCUT2D eigenvalue weighted by Crippen LogP contribution is 2.31. The van der Waals surface area contributed by atoms with Gasteiger partial charge in [-0.1, -0.05) is 6.58 Å². The van der Waals surface area contributed by atoms with E-state index in [9.17, 15) is 4.79 Å². The van der Waals surface area contributed by atoms with Crippen LogP contribution < -0.4 is 4.90 Å². The van der Waals surface area contributed by atoms with Crippen LogP contribution in [0.15, 0.2) is 17.2 Å². The molecule has 1 aliphatic rings. The molecule has 1 aromatic rings. The maximum Gasteiger partial charge on any atom is 0.265 e. The van der Waals surface area contributed by atoms with Gasteiger partial charge in [0.05, 0.1) is 0 Å². The molecule has 0 radical (unpaired) electrons. The lowest BCUT2D eigenvalue weighted by Crippen LogP contribution is -2.29. The number of carbonyl (C=O) groups excluding carboxylic acids is 1. The van der Waals surface area contributed by atoms with Crippen molar-refractivity contribution in [3.05, 3.63) is 18.5 Å². The number of carbonyl (C=O) groups is 1. The van der Waals surface area contributed by atoms with E-state index in [0.29, 0.717) is 11.8 Å². The van der Waals surface area contributed by atoms with Crippen LogP contribution in [-0.4, -0.2) is 41.6 Å². The molecule has 0 bridgehead atoms. The summed E-state index contributed by atoms with van der Waals surface area (Å²) in [4.78, 5) is 19.4. The molecule has 0 saturated carbocycles. The Kier molecular flexibility index (Phi) is 3.12. The molecular weight excluding hydrogens is 220 g/mol. The van der Waals surface area contributed by atoms with E-state index in [-0.39, 0.29) is 11.9 Å². The molecule has 17 heavy (non-hydrogen) atoms. The van der Waals surface area contributed by atoms with E-state index in [1.807, 2.05) is 14.1 Å². The second kappa shape index (κ2) is 4.57. The van der Waals surface area contributed by atoms with Crippen molar-refractivity contribution in [1.29, 1.82) is 0 Å². The summed E-state index contributed by atoms with van der Waals surface area (Å²) >= 11 is 0. The van der Waals surface area contributed by atoms with Gasteiger partial charge in [0.2, 0.25) is 5.91 Å². The number of hydrogen-bond acceptors (Lipinski definition) is 5. The van der Waals surface area contributed by atoms with Crippen LogP contribution in [0.25, 0.3) is 0 Å². The van der Waals surface area contributed by atoms with Crippen molar-refractivity contribution < 1.29 is 9.32 Å². The van der Waals surface area contributed by atoms with E-state index in [4.69, 9.17) is 4.52 Å². The Balaban J connectivity index is 2.20. The number of nitrogens with zero attached hydrogens (tertiary/aromatic N) is 4. The quantitative estimate of drug-likeness (QED) is 0.732. The molecule has 1 aromatic heterocycles. The molecule has 1 aliphatic heterocycles. The van der Waals surface area contributed by atoms with Crippen LogP contribution in [0.4, 0.5) is 5.95 Å². The highest BCUT2D eigenvalue weighted by Gasteiger charge is 2.33. The lowest BCUT2D eigenvalue weighted by molar-refractivity contribution is -0.127. The van der Waals surface area contributed by atoms with Gasteiger partial charge in [0.15, 0.2) is 0 Å². The van der Waals surface area contributed by atoms with Gasteiger partial charge in [-0.3, -0.25) is 4.79 Å². The third kappa shape index (κ3) is 2.15. The topological polar surface area (TPSA) is 62.5 Å². The number of anilines is 1. The molecule has 6 nitrogen and oxygen atoms in total. The lowest BCUT2D eigenvalue weighted by Gasteiger charge is -2.19. The van der Waals surface area contributed by atoms with Gasteiger partial charge in [0.1, 0.15) is 6.04 Å². The minimum absolute atomic E-state index is 0.0860. The number of amides is 1. The smallest absolute Gasteiger partial charge is 0.265 e. The third-order valence-electron chi connectivity index (χ3n) is 2.83. The first-order valence-corrected chi connectivity index (χ1v) is 5.57. The fourth-order valence-corrected chi connectivity index (χ4v) is 1.95. The standard InChI is InChI=1S/C11H16N4O2/c1-4-9(16)15-7-5-6-8(15)10-12-11(13-17-10)14(2)3/h4,8H,1,5-7H2,2-3H3. The van der Waals surface area contributed by atoms with Gasteiger partial charge in [-0.05, 0) is 24.1 Å². The zero-order valence-electron chi connectivity index (χ0n) is 10.1. The molecule has 1 saturated heterocycles. The van der Waals surface area contributed by atoms with Crippen LogP contribution in [0.5, 0.6) is 0 Å². The summed E-state index contributed by atoms with van der Waals surface area (Å²) in [5.74, 6) is 0.941. The van der Waals surface area contributed by atoms with E-state index in [0.717, 1.165) is 19.4 Å². The second-order valence-corrected chi connectivity index (χ2v) is 4.22. The summed E-state index contributed by atoms with van der Waals surface area (Å²) in [6, 6.07) is -0.110. The van der Waals surface area contributed by atoms with Crippen molar-refractivity contribution >= 4 is 11.9 Å². The van der Waals surface area contributed by atoms with Crippen molar-refractivity contribution in [1.82, 2.24) is 15.0 Å². The molecule has 0 aliphatic carbocycles. The van der Waals surface area contributed by atoms with Crippen molar-refractivity contribution in [3.63, 3.8) is 0 Å². The summed E-state index contributed by atoms with van der Waals surface area (Å²) in [6.07, 6.45) is 3.13. The van der Waals surface area contributed by atoms with Gasteiger partial charge < -0.3 is 14.3 Å². The minimum atomic E-state index is -0.110. The van der Waals surface area contributed by atoms with Crippen LogP contribution >= 0.6 is 0 Å². The highest BCUT2D eigenvalue weighted by atomic mass is 16.5. The molecule has 1 unspecified atom stereocenters. The Morgan fingerprint density at radius 2 is 2.41 bits per heavy atom. The maximum atomic E-state index is 11.6. The van der Waals surface area contributed by atoms with E-state index in [1.165, 1.54) is 6.08 Å². The normalized spacial score (nSPS) is 19.4. The monoisotopic (exact) mass is 236 g/mol. The Morgan fingerprint density at radius 3 is 3.00 bits per heavy atom. The lowest BCUT2D eigenvalue weighted by atomic mass is 10.2. The number of rotatable bonds is 3. The molecular formula is C11H16N4O2. The van der Waals surface area contributed by atoms with E-state index < -0.39 is 0 Å². The number of likely N-dealkylation sites (tertiary alicyclic amines) is 1. The van der Waals surface area contributed by atoms with Crippen LogP contribution in [0, 0.1) is 0 Å². The van der Waals surface area contributed by atoms with Crippen LogP contribution in [0.1, 0.15) is 24.8 Å². The van der Waals surface area contributed by atoms with Crippen LogP contribution in [-0.2, 0) is 4.79 Å². The fraction of sp³-hybridized carbons (Fsp3) is 0.545. The molecule has 1 amide bonds. The zero-order chi connectivity index (χ0) is 12.4. The molecule has 2 rings (SSSR count). The molecule has 1 fully saturated rings. The third-order valence-corrected chi connectivity index (χ3v) is 2.83. The molecule has 1 atom stereocenters. The molecule has 0 N–H and O–H groups in total. The predicted molar refractivity (Wildman–Crippen MR) is 62.5 cm³/mol. The predicted octanol–water partition coefficient (Wildman–Crippen LogP) is 0.985. The van der Waals surface area contributed by atoms with Crippen LogP contribution in [0.2, 0.25) is 0 Å². The van der Waals surface area contributed by atoms with Gasteiger partial charge in [-0.2, -0.15) is 4.98 Å². The molecule has 92 valence electrons. The van der Waals surface area contributed by atoms with Gasteiger partial charge >= 0.3 is 0 Å². The van der Waals surface area contributed by atoms with Crippen LogP contribution in [0.3, 0.4) is 0 Å². The number of hydrogen-bond donors (Lipinski definition) is 0. The van der Waals surface area contributed by atoms with Gasteiger partial charge in [0.25, 0.3) is 11.8 Å². The number of aromatic nitrogens is 2. The fourth-order valence-electron chi connectivity index (χ4n) is 1.95. The average molecular weight is 236 g/mol. The largest absolute Gasteiger partial charge is 0.344 e. The van der Waals surface area contributed by atoms with Crippen molar-refractivity contribution in [2.24, 2.45) is 0 Å². The van der Waals surface area contributed by atoms with Gasteiger partial charge in [0, 0.05) is 20.6 Å². The highest BCUT2D eigenvalue weighted by molar-refractivity contribution is 5.87. The summed E-state index contributed by atoms with van der Waals surface area (Å²) in [5.41, 5.74) is 0. The maximum absolute atomic E-state index is 11.6. The van der Waals surface area contributed by atoms with E-state index >= 15 is 0 Å². The summed E-state index contributed by atoms with van der Waals surface area (Å²) in [6.45, 7) is 4.22.